The largest absolute Gasteiger partial charge is 0.144 e. The minimum Gasteiger partial charge on any atom is -0.144 e. The lowest BCUT2D eigenvalue weighted by molar-refractivity contribution is 1.08. The van der Waals surface area contributed by atoms with Crippen LogP contribution in [0.1, 0.15) is 25.0 Å². The monoisotopic (exact) mass is 316 g/mol. The molecular formula is C12H13IS. The molecule has 0 unspecified atom stereocenters. The maximum absolute atomic E-state index is 2.49. The van der Waals surface area contributed by atoms with Gasteiger partial charge in [-0.2, -0.15) is 0 Å². The first-order chi connectivity index (χ1) is 6.77. The number of benzene rings is 1. The van der Waals surface area contributed by atoms with Crippen LogP contribution in [-0.4, -0.2) is 0 Å². The molecule has 0 atom stereocenters. The molecule has 1 aromatic heterocycles. The summed E-state index contributed by atoms with van der Waals surface area (Å²) in [5.41, 5.74) is 3.03. The Balaban J connectivity index is 2.80. The van der Waals surface area contributed by atoms with Crippen LogP contribution in [0.3, 0.4) is 0 Å². The van der Waals surface area contributed by atoms with Crippen LogP contribution in [0, 0.1) is 3.57 Å². The lowest BCUT2D eigenvalue weighted by Gasteiger charge is -2.08. The average Bonchev–Trinajstić information content (AvgIpc) is 2.64. The Kier molecular flexibility index (Phi) is 3.12. The maximum Gasteiger partial charge on any atom is 0.0348 e. The molecule has 0 fully saturated rings. The lowest BCUT2D eigenvalue weighted by atomic mass is 10.0. The van der Waals surface area contributed by atoms with Crippen LogP contribution in [0.15, 0.2) is 17.5 Å². The first kappa shape index (κ1) is 10.4. The highest BCUT2D eigenvalue weighted by molar-refractivity contribution is 14.1. The second-order valence-corrected chi connectivity index (χ2v) is 5.39. The van der Waals surface area contributed by atoms with Gasteiger partial charge in [0.15, 0.2) is 0 Å². The van der Waals surface area contributed by atoms with E-state index in [0.717, 1.165) is 12.8 Å². The summed E-state index contributed by atoms with van der Waals surface area (Å²) in [4.78, 5) is 0. The van der Waals surface area contributed by atoms with Crippen LogP contribution < -0.4 is 0 Å². The number of halogens is 1. The van der Waals surface area contributed by atoms with Gasteiger partial charge in [0.25, 0.3) is 0 Å². The average molecular weight is 316 g/mol. The summed E-state index contributed by atoms with van der Waals surface area (Å²) < 4.78 is 2.91. The van der Waals surface area contributed by atoms with Crippen molar-refractivity contribution in [3.8, 4) is 0 Å². The van der Waals surface area contributed by atoms with Crippen LogP contribution in [0.2, 0.25) is 0 Å². The van der Waals surface area contributed by atoms with Crippen molar-refractivity contribution in [3.05, 3.63) is 32.2 Å². The van der Waals surface area contributed by atoms with Crippen LogP contribution in [0.25, 0.3) is 10.1 Å². The van der Waals surface area contributed by atoms with Gasteiger partial charge >= 0.3 is 0 Å². The van der Waals surface area contributed by atoms with Crippen LogP contribution in [0.4, 0.5) is 0 Å². The van der Waals surface area contributed by atoms with Gasteiger partial charge in [-0.25, -0.2) is 0 Å². The molecule has 2 heteroatoms. The van der Waals surface area contributed by atoms with E-state index in [9.17, 15) is 0 Å². The summed E-state index contributed by atoms with van der Waals surface area (Å²) in [6, 6.07) is 4.60. The smallest absolute Gasteiger partial charge is 0.0348 e. The van der Waals surface area contributed by atoms with Gasteiger partial charge in [0, 0.05) is 8.27 Å². The van der Waals surface area contributed by atoms with Gasteiger partial charge in [-0.3, -0.25) is 0 Å². The zero-order valence-electron chi connectivity index (χ0n) is 8.43. The number of hydrogen-bond acceptors (Lipinski definition) is 1. The third kappa shape index (κ3) is 1.58. The van der Waals surface area contributed by atoms with Gasteiger partial charge in [0.05, 0.1) is 0 Å². The molecule has 0 saturated carbocycles. The molecule has 2 aromatic rings. The fourth-order valence-electron chi connectivity index (χ4n) is 1.82. The number of hydrogen-bond donors (Lipinski definition) is 0. The molecule has 0 spiro atoms. The molecule has 0 aliphatic carbocycles. The summed E-state index contributed by atoms with van der Waals surface area (Å²) in [5.74, 6) is 0. The van der Waals surface area contributed by atoms with E-state index in [1.165, 1.54) is 24.8 Å². The van der Waals surface area contributed by atoms with Crippen LogP contribution in [-0.2, 0) is 12.8 Å². The van der Waals surface area contributed by atoms with Gasteiger partial charge in [-0.05, 0) is 69.5 Å². The Morgan fingerprint density at radius 1 is 1.29 bits per heavy atom. The zero-order chi connectivity index (χ0) is 10.1. The van der Waals surface area contributed by atoms with Gasteiger partial charge in [-0.15, -0.1) is 11.3 Å². The molecule has 0 N–H and O–H groups in total. The SMILES string of the molecule is CCc1cc2sccc2c(CC)c1I. The Bertz CT molecular complexity index is 457. The fourth-order valence-corrected chi connectivity index (χ4v) is 3.91. The molecule has 0 aliphatic heterocycles. The van der Waals surface area contributed by atoms with Crippen molar-refractivity contribution in [1.82, 2.24) is 0 Å². The summed E-state index contributed by atoms with van der Waals surface area (Å²) in [6.07, 6.45) is 2.28. The van der Waals surface area contributed by atoms with E-state index in [2.05, 4.69) is 54.0 Å². The Labute approximate surface area is 102 Å². The van der Waals surface area contributed by atoms with E-state index >= 15 is 0 Å². The molecule has 0 amide bonds. The molecule has 2 rings (SSSR count). The highest BCUT2D eigenvalue weighted by Crippen LogP contribution is 2.31. The van der Waals surface area contributed by atoms with Crippen molar-refractivity contribution in [2.24, 2.45) is 0 Å². The van der Waals surface area contributed by atoms with E-state index in [4.69, 9.17) is 0 Å². The third-order valence-electron chi connectivity index (χ3n) is 2.61. The van der Waals surface area contributed by atoms with Crippen molar-refractivity contribution in [3.63, 3.8) is 0 Å². The minimum atomic E-state index is 1.14. The molecule has 14 heavy (non-hydrogen) atoms. The highest BCUT2D eigenvalue weighted by atomic mass is 127. The molecule has 1 aromatic carbocycles. The molecule has 1 heterocycles. The second-order valence-electron chi connectivity index (χ2n) is 3.37. The molecule has 0 nitrogen and oxygen atoms in total. The van der Waals surface area contributed by atoms with Crippen molar-refractivity contribution < 1.29 is 0 Å². The lowest BCUT2D eigenvalue weighted by Crippen LogP contribution is -1.93. The number of fused-ring (bicyclic) bond motifs is 1. The van der Waals surface area contributed by atoms with Crippen LogP contribution >= 0.6 is 33.9 Å². The van der Waals surface area contributed by atoms with Crippen molar-refractivity contribution >= 4 is 44.0 Å². The van der Waals surface area contributed by atoms with Gasteiger partial charge < -0.3 is 0 Å². The zero-order valence-corrected chi connectivity index (χ0v) is 11.4. The summed E-state index contributed by atoms with van der Waals surface area (Å²) in [5, 5.41) is 3.65. The first-order valence-electron chi connectivity index (χ1n) is 4.95. The van der Waals surface area contributed by atoms with Crippen molar-refractivity contribution in [2.75, 3.05) is 0 Å². The van der Waals surface area contributed by atoms with E-state index in [1.54, 1.807) is 0 Å². The summed E-state index contributed by atoms with van der Waals surface area (Å²) >= 11 is 4.34. The Morgan fingerprint density at radius 2 is 2.07 bits per heavy atom. The summed E-state index contributed by atoms with van der Waals surface area (Å²) in [7, 11) is 0. The number of aryl methyl sites for hydroxylation is 2. The summed E-state index contributed by atoms with van der Waals surface area (Å²) in [6.45, 7) is 4.48. The standard InChI is InChI=1S/C12H13IS/c1-3-8-7-11-10(5-6-14-11)9(4-2)12(8)13/h5-7H,3-4H2,1-2H3. The normalized spacial score (nSPS) is 11.1. The van der Waals surface area contributed by atoms with Gasteiger partial charge in [0.1, 0.15) is 0 Å². The molecule has 0 saturated heterocycles. The Hall–Kier alpha value is -0.0900. The minimum absolute atomic E-state index is 1.14. The molecule has 0 bridgehead atoms. The topological polar surface area (TPSA) is 0 Å². The third-order valence-corrected chi connectivity index (χ3v) is 4.81. The van der Waals surface area contributed by atoms with Crippen LogP contribution in [0.5, 0.6) is 0 Å². The molecule has 0 aliphatic rings. The maximum atomic E-state index is 2.49. The van der Waals surface area contributed by atoms with E-state index in [1.807, 2.05) is 11.3 Å². The molecular weight excluding hydrogens is 303 g/mol. The quantitative estimate of drug-likeness (QED) is 0.709. The highest BCUT2D eigenvalue weighted by Gasteiger charge is 2.09. The fraction of sp³-hybridized carbons (Fsp3) is 0.333. The predicted molar refractivity (Wildman–Crippen MR) is 73.3 cm³/mol. The van der Waals surface area contributed by atoms with E-state index in [0.29, 0.717) is 0 Å². The Morgan fingerprint density at radius 3 is 2.71 bits per heavy atom. The van der Waals surface area contributed by atoms with E-state index < -0.39 is 0 Å². The molecule has 74 valence electrons. The van der Waals surface area contributed by atoms with Crippen molar-refractivity contribution in [2.45, 2.75) is 26.7 Å². The predicted octanol–water partition coefficient (Wildman–Crippen LogP) is 4.63. The first-order valence-corrected chi connectivity index (χ1v) is 6.91. The van der Waals surface area contributed by atoms with Gasteiger partial charge in [-0.1, -0.05) is 13.8 Å². The number of rotatable bonds is 2. The molecule has 0 radical (unpaired) electrons. The number of thiophene rings is 1. The van der Waals surface area contributed by atoms with Crippen molar-refractivity contribution in [1.29, 1.82) is 0 Å². The van der Waals surface area contributed by atoms with E-state index in [-0.39, 0.29) is 0 Å². The second kappa shape index (κ2) is 4.19. The van der Waals surface area contributed by atoms with Gasteiger partial charge in [0.2, 0.25) is 0 Å².